The molecule has 1 heterocycles. The minimum absolute atomic E-state index is 0.0395. The fraction of sp³-hybridized carbons (Fsp3) is 0.467. The molecule has 0 aliphatic carbocycles. The Kier molecular flexibility index (Phi) is 5.20. The number of aryl methyl sites for hydroxylation is 1. The summed E-state index contributed by atoms with van der Waals surface area (Å²) in [6.45, 7) is 5.61. The number of halogens is 1. The van der Waals surface area contributed by atoms with Gasteiger partial charge in [-0.25, -0.2) is 0 Å². The SMILES string of the molecule is CC(=O)N(CC(=O)N1CCOCC1)c1ccc(Cl)cc1C. The second kappa shape index (κ2) is 6.91. The van der Waals surface area contributed by atoms with Gasteiger partial charge in [-0.15, -0.1) is 0 Å². The molecule has 0 bridgehead atoms. The number of rotatable bonds is 3. The van der Waals surface area contributed by atoms with Crippen molar-refractivity contribution in [1.82, 2.24) is 4.90 Å². The summed E-state index contributed by atoms with van der Waals surface area (Å²) in [4.78, 5) is 27.4. The second-order valence-electron chi connectivity index (χ2n) is 5.03. The van der Waals surface area contributed by atoms with E-state index in [1.54, 1.807) is 23.1 Å². The zero-order valence-corrected chi connectivity index (χ0v) is 13.0. The molecule has 0 atom stereocenters. The van der Waals surface area contributed by atoms with Crippen molar-refractivity contribution in [2.45, 2.75) is 13.8 Å². The normalized spacial score (nSPS) is 14.9. The van der Waals surface area contributed by atoms with Gasteiger partial charge in [-0.05, 0) is 30.7 Å². The summed E-state index contributed by atoms with van der Waals surface area (Å²) in [6.07, 6.45) is 0. The molecule has 1 saturated heterocycles. The van der Waals surface area contributed by atoms with Crippen LogP contribution in [0.4, 0.5) is 5.69 Å². The molecule has 21 heavy (non-hydrogen) atoms. The van der Waals surface area contributed by atoms with Gasteiger partial charge in [-0.2, -0.15) is 0 Å². The van der Waals surface area contributed by atoms with Gasteiger partial charge in [0.25, 0.3) is 0 Å². The zero-order valence-electron chi connectivity index (χ0n) is 12.3. The van der Waals surface area contributed by atoms with Gasteiger partial charge < -0.3 is 14.5 Å². The Hall–Kier alpha value is -1.59. The number of carbonyl (C=O) groups excluding carboxylic acids is 2. The third-order valence-corrected chi connectivity index (χ3v) is 3.72. The molecule has 6 heteroatoms. The van der Waals surface area contributed by atoms with Crippen LogP contribution in [0.25, 0.3) is 0 Å². The number of benzene rings is 1. The first-order valence-corrected chi connectivity index (χ1v) is 7.26. The van der Waals surface area contributed by atoms with Crippen molar-refractivity contribution in [1.29, 1.82) is 0 Å². The Morgan fingerprint density at radius 3 is 2.57 bits per heavy atom. The van der Waals surface area contributed by atoms with Gasteiger partial charge >= 0.3 is 0 Å². The molecule has 1 fully saturated rings. The zero-order chi connectivity index (χ0) is 15.4. The largest absolute Gasteiger partial charge is 0.378 e. The number of hydrogen-bond acceptors (Lipinski definition) is 3. The van der Waals surface area contributed by atoms with Crippen LogP contribution in [0.2, 0.25) is 5.02 Å². The lowest BCUT2D eigenvalue weighted by Gasteiger charge is -2.30. The fourth-order valence-electron chi connectivity index (χ4n) is 2.34. The second-order valence-corrected chi connectivity index (χ2v) is 5.47. The quantitative estimate of drug-likeness (QED) is 0.856. The fourth-order valence-corrected chi connectivity index (χ4v) is 2.56. The van der Waals surface area contributed by atoms with Crippen LogP contribution in [-0.2, 0) is 14.3 Å². The molecule has 0 spiro atoms. The highest BCUT2D eigenvalue weighted by Crippen LogP contribution is 2.24. The predicted molar refractivity (Wildman–Crippen MR) is 81.6 cm³/mol. The first-order valence-electron chi connectivity index (χ1n) is 6.89. The minimum atomic E-state index is -0.165. The average Bonchev–Trinajstić information content (AvgIpc) is 2.46. The standard InChI is InChI=1S/C15H19ClN2O3/c1-11-9-13(16)3-4-14(11)18(12(2)19)10-15(20)17-5-7-21-8-6-17/h3-4,9H,5-8,10H2,1-2H3. The molecule has 1 aromatic carbocycles. The Morgan fingerprint density at radius 2 is 2.00 bits per heavy atom. The third kappa shape index (κ3) is 3.95. The molecule has 0 saturated carbocycles. The van der Waals surface area contributed by atoms with Crippen molar-refractivity contribution in [2.75, 3.05) is 37.7 Å². The molecular weight excluding hydrogens is 292 g/mol. The van der Waals surface area contributed by atoms with E-state index in [2.05, 4.69) is 0 Å². The molecule has 0 aromatic heterocycles. The predicted octanol–water partition coefficient (Wildman–Crippen LogP) is 1.86. The van der Waals surface area contributed by atoms with E-state index < -0.39 is 0 Å². The van der Waals surface area contributed by atoms with Gasteiger partial charge in [0.15, 0.2) is 0 Å². The topological polar surface area (TPSA) is 49.9 Å². The van der Waals surface area contributed by atoms with E-state index in [0.29, 0.717) is 37.0 Å². The molecule has 2 amide bonds. The van der Waals surface area contributed by atoms with Gasteiger partial charge in [0.1, 0.15) is 6.54 Å². The first-order chi connectivity index (χ1) is 9.99. The Labute approximate surface area is 129 Å². The molecule has 5 nitrogen and oxygen atoms in total. The van der Waals surface area contributed by atoms with Crippen LogP contribution in [-0.4, -0.2) is 49.6 Å². The van der Waals surface area contributed by atoms with Crippen LogP contribution in [0, 0.1) is 6.92 Å². The summed E-state index contributed by atoms with van der Waals surface area (Å²) in [5.41, 5.74) is 1.58. The summed E-state index contributed by atoms with van der Waals surface area (Å²) in [7, 11) is 0. The van der Waals surface area contributed by atoms with Crippen molar-refractivity contribution in [2.24, 2.45) is 0 Å². The number of hydrogen-bond donors (Lipinski definition) is 0. The van der Waals surface area contributed by atoms with Gasteiger partial charge in [0.2, 0.25) is 11.8 Å². The van der Waals surface area contributed by atoms with Crippen LogP contribution in [0.1, 0.15) is 12.5 Å². The monoisotopic (exact) mass is 310 g/mol. The molecule has 1 aliphatic heterocycles. The van der Waals surface area contributed by atoms with Crippen LogP contribution in [0.15, 0.2) is 18.2 Å². The number of morpholine rings is 1. The highest BCUT2D eigenvalue weighted by molar-refractivity contribution is 6.30. The number of amides is 2. The maximum Gasteiger partial charge on any atom is 0.242 e. The number of nitrogens with zero attached hydrogens (tertiary/aromatic N) is 2. The third-order valence-electron chi connectivity index (χ3n) is 3.49. The van der Waals surface area contributed by atoms with Crippen LogP contribution < -0.4 is 4.90 Å². The molecule has 0 unspecified atom stereocenters. The van der Waals surface area contributed by atoms with Gasteiger partial charge in [0.05, 0.1) is 13.2 Å². The van der Waals surface area contributed by atoms with E-state index in [0.717, 1.165) is 5.56 Å². The average molecular weight is 311 g/mol. The molecular formula is C15H19ClN2O3. The molecule has 1 aliphatic rings. The van der Waals surface area contributed by atoms with E-state index in [1.165, 1.54) is 11.8 Å². The highest BCUT2D eigenvalue weighted by atomic mass is 35.5. The summed E-state index contributed by atoms with van der Waals surface area (Å²) in [5.74, 6) is -0.232. The van der Waals surface area contributed by atoms with Crippen LogP contribution in [0.5, 0.6) is 0 Å². The van der Waals surface area contributed by atoms with Crippen molar-refractivity contribution in [3.05, 3.63) is 28.8 Å². The molecule has 2 rings (SSSR count). The Morgan fingerprint density at radius 1 is 1.33 bits per heavy atom. The molecule has 0 radical (unpaired) electrons. The van der Waals surface area contributed by atoms with Crippen molar-refractivity contribution < 1.29 is 14.3 Å². The van der Waals surface area contributed by atoms with E-state index in [9.17, 15) is 9.59 Å². The van der Waals surface area contributed by atoms with Gasteiger partial charge in [-0.3, -0.25) is 9.59 Å². The number of anilines is 1. The maximum atomic E-state index is 12.3. The highest BCUT2D eigenvalue weighted by Gasteiger charge is 2.22. The number of carbonyl (C=O) groups is 2. The van der Waals surface area contributed by atoms with Gasteiger partial charge in [0, 0.05) is 30.7 Å². The lowest BCUT2D eigenvalue weighted by molar-refractivity contribution is -0.134. The first kappa shape index (κ1) is 15.8. The van der Waals surface area contributed by atoms with Crippen LogP contribution in [0.3, 0.4) is 0 Å². The Balaban J connectivity index is 2.15. The lowest BCUT2D eigenvalue weighted by Crippen LogP contribution is -2.47. The van der Waals surface area contributed by atoms with Gasteiger partial charge in [-0.1, -0.05) is 11.6 Å². The smallest absolute Gasteiger partial charge is 0.242 e. The summed E-state index contributed by atoms with van der Waals surface area (Å²) in [5, 5.41) is 0.610. The molecule has 1 aromatic rings. The van der Waals surface area contributed by atoms with Crippen LogP contribution >= 0.6 is 11.6 Å². The van der Waals surface area contributed by atoms with E-state index in [4.69, 9.17) is 16.3 Å². The number of ether oxygens (including phenoxy) is 1. The van der Waals surface area contributed by atoms with Crippen molar-refractivity contribution >= 4 is 29.1 Å². The maximum absolute atomic E-state index is 12.3. The van der Waals surface area contributed by atoms with E-state index in [1.807, 2.05) is 6.92 Å². The Bertz CT molecular complexity index is 542. The van der Waals surface area contributed by atoms with E-state index in [-0.39, 0.29) is 18.4 Å². The summed E-state index contributed by atoms with van der Waals surface area (Å²) in [6, 6.07) is 5.27. The van der Waals surface area contributed by atoms with Crippen molar-refractivity contribution in [3.8, 4) is 0 Å². The van der Waals surface area contributed by atoms with E-state index >= 15 is 0 Å². The molecule has 114 valence electrons. The van der Waals surface area contributed by atoms with Crippen molar-refractivity contribution in [3.63, 3.8) is 0 Å². The molecule has 0 N–H and O–H groups in total. The minimum Gasteiger partial charge on any atom is -0.378 e. The summed E-state index contributed by atoms with van der Waals surface area (Å²) < 4.78 is 5.23. The lowest BCUT2D eigenvalue weighted by atomic mass is 10.1. The summed E-state index contributed by atoms with van der Waals surface area (Å²) >= 11 is 5.94.